The highest BCUT2D eigenvalue weighted by atomic mass is 32.1. The standard InChI is InChI=1S/C25H24FNO4S/c1-3-29-25(28)9-8-23(20-7-5-4-6-17(20)2)31-24-13-19(12-22(26)21(24)14-27)30-15-18-10-11-32-16-18/h4-7,10-13,16,23H,3,8-9,15H2,1-2H3. The summed E-state index contributed by atoms with van der Waals surface area (Å²) in [6, 6.07) is 14.1. The summed E-state index contributed by atoms with van der Waals surface area (Å²) < 4.78 is 31.6. The highest BCUT2D eigenvalue weighted by molar-refractivity contribution is 7.07. The maximum absolute atomic E-state index is 14.7. The maximum Gasteiger partial charge on any atom is 0.305 e. The molecule has 3 rings (SSSR count). The molecule has 0 fully saturated rings. The fourth-order valence-electron chi connectivity index (χ4n) is 3.25. The van der Waals surface area contributed by atoms with Crippen molar-refractivity contribution in [2.45, 2.75) is 39.4 Å². The molecule has 0 aliphatic carbocycles. The van der Waals surface area contributed by atoms with Crippen molar-refractivity contribution in [3.05, 3.63) is 81.3 Å². The van der Waals surface area contributed by atoms with Crippen LogP contribution in [-0.4, -0.2) is 12.6 Å². The second kappa shape index (κ2) is 11.3. The van der Waals surface area contributed by atoms with Crippen LogP contribution in [-0.2, 0) is 16.1 Å². The number of nitriles is 1. The van der Waals surface area contributed by atoms with Gasteiger partial charge in [-0.25, -0.2) is 4.39 Å². The van der Waals surface area contributed by atoms with E-state index in [0.717, 1.165) is 16.7 Å². The van der Waals surface area contributed by atoms with Crippen LogP contribution in [0.4, 0.5) is 4.39 Å². The number of carbonyl (C=O) groups is 1. The third-order valence-electron chi connectivity index (χ3n) is 4.85. The topological polar surface area (TPSA) is 68.6 Å². The normalized spacial score (nSPS) is 11.4. The van der Waals surface area contributed by atoms with Crippen LogP contribution in [0.2, 0.25) is 0 Å². The van der Waals surface area contributed by atoms with E-state index in [-0.39, 0.29) is 36.1 Å². The maximum atomic E-state index is 14.7. The van der Waals surface area contributed by atoms with E-state index in [4.69, 9.17) is 14.2 Å². The van der Waals surface area contributed by atoms with Gasteiger partial charge in [0.15, 0.2) is 0 Å². The van der Waals surface area contributed by atoms with Crippen LogP contribution in [0, 0.1) is 24.1 Å². The fraction of sp³-hybridized carbons (Fsp3) is 0.280. The number of hydrogen-bond acceptors (Lipinski definition) is 6. The van der Waals surface area contributed by atoms with Crippen molar-refractivity contribution in [3.8, 4) is 17.6 Å². The summed E-state index contributed by atoms with van der Waals surface area (Å²) in [5.41, 5.74) is 2.58. The highest BCUT2D eigenvalue weighted by Gasteiger charge is 2.22. The van der Waals surface area contributed by atoms with Gasteiger partial charge in [-0.05, 0) is 53.8 Å². The minimum absolute atomic E-state index is 0.0740. The van der Waals surface area contributed by atoms with Crippen molar-refractivity contribution in [2.75, 3.05) is 6.61 Å². The van der Waals surface area contributed by atoms with Gasteiger partial charge in [0.1, 0.15) is 41.7 Å². The van der Waals surface area contributed by atoms with Crippen LogP contribution in [0.5, 0.6) is 11.5 Å². The zero-order chi connectivity index (χ0) is 22.9. The third-order valence-corrected chi connectivity index (χ3v) is 5.58. The molecule has 32 heavy (non-hydrogen) atoms. The lowest BCUT2D eigenvalue weighted by atomic mass is 9.99. The Bertz CT molecular complexity index is 1090. The Balaban J connectivity index is 1.88. The molecule has 166 valence electrons. The number of carbonyl (C=O) groups excluding carboxylic acids is 1. The van der Waals surface area contributed by atoms with Crippen LogP contribution in [0.15, 0.2) is 53.2 Å². The number of thiophene rings is 1. The number of rotatable bonds is 10. The van der Waals surface area contributed by atoms with Crippen LogP contribution >= 0.6 is 11.3 Å². The van der Waals surface area contributed by atoms with E-state index in [9.17, 15) is 14.4 Å². The zero-order valence-corrected chi connectivity index (χ0v) is 18.8. The summed E-state index contributed by atoms with van der Waals surface area (Å²) in [4.78, 5) is 11.9. The van der Waals surface area contributed by atoms with Crippen molar-refractivity contribution in [1.82, 2.24) is 0 Å². The highest BCUT2D eigenvalue weighted by Crippen LogP contribution is 2.34. The second-order valence-electron chi connectivity index (χ2n) is 7.12. The largest absolute Gasteiger partial charge is 0.489 e. The van der Waals surface area contributed by atoms with Gasteiger partial charge in [0.05, 0.1) is 6.61 Å². The van der Waals surface area contributed by atoms with Gasteiger partial charge in [0.25, 0.3) is 0 Å². The predicted molar refractivity (Wildman–Crippen MR) is 120 cm³/mol. The molecule has 1 unspecified atom stereocenters. The summed E-state index contributed by atoms with van der Waals surface area (Å²) >= 11 is 1.55. The number of ether oxygens (including phenoxy) is 3. The molecule has 0 radical (unpaired) electrons. The molecule has 1 atom stereocenters. The van der Waals surface area contributed by atoms with E-state index in [1.807, 2.05) is 54.1 Å². The Labute approximate surface area is 191 Å². The summed E-state index contributed by atoms with van der Waals surface area (Å²) in [5.74, 6) is -0.727. The molecular formula is C25H24FNO4S. The van der Waals surface area contributed by atoms with Crippen molar-refractivity contribution >= 4 is 17.3 Å². The monoisotopic (exact) mass is 453 g/mol. The Kier molecular flexibility index (Phi) is 8.23. The molecular weight excluding hydrogens is 429 g/mol. The molecule has 0 bridgehead atoms. The minimum atomic E-state index is -0.723. The smallest absolute Gasteiger partial charge is 0.305 e. The molecule has 2 aromatic carbocycles. The molecule has 0 saturated heterocycles. The Morgan fingerprint density at radius 1 is 1.25 bits per heavy atom. The van der Waals surface area contributed by atoms with Crippen molar-refractivity contribution in [3.63, 3.8) is 0 Å². The first-order chi connectivity index (χ1) is 15.5. The van der Waals surface area contributed by atoms with Crippen LogP contribution in [0.25, 0.3) is 0 Å². The van der Waals surface area contributed by atoms with E-state index in [0.29, 0.717) is 13.0 Å². The van der Waals surface area contributed by atoms with Crippen LogP contribution in [0.1, 0.15) is 48.1 Å². The molecule has 1 aromatic heterocycles. The first kappa shape index (κ1) is 23.3. The molecule has 0 spiro atoms. The van der Waals surface area contributed by atoms with Crippen molar-refractivity contribution < 1.29 is 23.4 Å². The lowest BCUT2D eigenvalue weighted by molar-refractivity contribution is -0.143. The molecule has 7 heteroatoms. The SMILES string of the molecule is CCOC(=O)CCC(Oc1cc(OCc2ccsc2)cc(F)c1C#N)c1ccccc1C. The molecule has 0 N–H and O–H groups in total. The summed E-state index contributed by atoms with van der Waals surface area (Å²) in [7, 11) is 0. The lowest BCUT2D eigenvalue weighted by Crippen LogP contribution is -2.14. The Morgan fingerprint density at radius 2 is 2.06 bits per heavy atom. The van der Waals surface area contributed by atoms with Gasteiger partial charge >= 0.3 is 5.97 Å². The quantitative estimate of drug-likeness (QED) is 0.347. The van der Waals surface area contributed by atoms with Crippen molar-refractivity contribution in [2.24, 2.45) is 0 Å². The first-order valence-corrected chi connectivity index (χ1v) is 11.2. The average molecular weight is 454 g/mol. The van der Waals surface area contributed by atoms with E-state index < -0.39 is 11.9 Å². The minimum Gasteiger partial charge on any atom is -0.489 e. The number of nitrogens with zero attached hydrogens (tertiary/aromatic N) is 1. The van der Waals surface area contributed by atoms with E-state index in [1.165, 1.54) is 12.1 Å². The molecule has 0 saturated carbocycles. The van der Waals surface area contributed by atoms with Gasteiger partial charge in [-0.3, -0.25) is 4.79 Å². The van der Waals surface area contributed by atoms with Gasteiger partial charge < -0.3 is 14.2 Å². The number of esters is 1. The van der Waals surface area contributed by atoms with Gasteiger partial charge in [0.2, 0.25) is 0 Å². The molecule has 0 amide bonds. The van der Waals surface area contributed by atoms with E-state index >= 15 is 0 Å². The van der Waals surface area contributed by atoms with Gasteiger partial charge in [-0.1, -0.05) is 24.3 Å². The second-order valence-corrected chi connectivity index (χ2v) is 7.90. The van der Waals surface area contributed by atoms with E-state index in [1.54, 1.807) is 18.3 Å². The van der Waals surface area contributed by atoms with Crippen LogP contribution < -0.4 is 9.47 Å². The summed E-state index contributed by atoms with van der Waals surface area (Å²) in [5, 5.41) is 13.4. The molecule has 3 aromatic rings. The molecule has 0 aliphatic rings. The predicted octanol–water partition coefficient (Wildman–Crippen LogP) is 6.11. The molecule has 5 nitrogen and oxygen atoms in total. The first-order valence-electron chi connectivity index (χ1n) is 10.3. The van der Waals surface area contributed by atoms with Gasteiger partial charge in [0, 0.05) is 18.6 Å². The molecule has 1 heterocycles. The summed E-state index contributed by atoms with van der Waals surface area (Å²) in [6.45, 7) is 4.25. The third kappa shape index (κ3) is 6.08. The average Bonchev–Trinajstić information content (AvgIpc) is 3.29. The number of hydrogen-bond donors (Lipinski definition) is 0. The number of halogens is 1. The number of benzene rings is 2. The van der Waals surface area contributed by atoms with E-state index in [2.05, 4.69) is 0 Å². The summed E-state index contributed by atoms with van der Waals surface area (Å²) in [6.07, 6.45) is -0.124. The zero-order valence-electron chi connectivity index (χ0n) is 18.0. The number of aryl methyl sites for hydroxylation is 1. The van der Waals surface area contributed by atoms with Gasteiger partial charge in [-0.2, -0.15) is 16.6 Å². The van der Waals surface area contributed by atoms with Gasteiger partial charge in [-0.15, -0.1) is 0 Å². The lowest BCUT2D eigenvalue weighted by Gasteiger charge is -2.22. The molecule has 0 aliphatic heterocycles. The van der Waals surface area contributed by atoms with Crippen LogP contribution in [0.3, 0.4) is 0 Å². The Morgan fingerprint density at radius 3 is 2.75 bits per heavy atom. The Hall–Kier alpha value is -3.37. The fourth-order valence-corrected chi connectivity index (χ4v) is 3.90. The van der Waals surface area contributed by atoms with Crippen molar-refractivity contribution in [1.29, 1.82) is 5.26 Å².